The quantitative estimate of drug-likeness (QED) is 0.751. The van der Waals surface area contributed by atoms with Gasteiger partial charge in [-0.2, -0.15) is 10.1 Å². The number of hydrogen-bond donors (Lipinski definition) is 2. The Morgan fingerprint density at radius 3 is 2.23 bits per heavy atom. The van der Waals surface area contributed by atoms with Gasteiger partial charge in [-0.25, -0.2) is 0 Å². The first kappa shape index (κ1) is 14.3. The molecular formula is C16H14ClN5. The molecule has 0 bridgehead atoms. The predicted octanol–water partition coefficient (Wildman–Crippen LogP) is 4.32. The summed E-state index contributed by atoms with van der Waals surface area (Å²) in [4.78, 5) is 4.38. The maximum atomic E-state index is 5.86. The summed E-state index contributed by atoms with van der Waals surface area (Å²) in [6.07, 6.45) is 1.58. The number of nitrogens with one attached hydrogen (secondary N) is 2. The van der Waals surface area contributed by atoms with Crippen molar-refractivity contribution in [1.82, 2.24) is 15.2 Å². The molecule has 0 fully saturated rings. The fraction of sp³-hybridized carbons (Fsp3) is 0.0625. The molecule has 1 heterocycles. The van der Waals surface area contributed by atoms with Gasteiger partial charge in [0.05, 0.1) is 6.20 Å². The molecule has 0 saturated heterocycles. The second-order valence-electron chi connectivity index (χ2n) is 4.79. The van der Waals surface area contributed by atoms with E-state index in [1.165, 1.54) is 5.56 Å². The molecule has 0 amide bonds. The highest BCUT2D eigenvalue weighted by Gasteiger charge is 2.02. The first-order valence-electron chi connectivity index (χ1n) is 6.75. The average Bonchev–Trinajstić information content (AvgIpc) is 2.52. The molecule has 2 N–H and O–H groups in total. The van der Waals surface area contributed by atoms with Crippen LogP contribution in [0.15, 0.2) is 54.7 Å². The van der Waals surface area contributed by atoms with Gasteiger partial charge in [-0.05, 0) is 43.3 Å². The molecule has 0 radical (unpaired) electrons. The molecule has 6 heteroatoms. The smallest absolute Gasteiger partial charge is 0.249 e. The fourth-order valence-corrected chi connectivity index (χ4v) is 1.99. The Labute approximate surface area is 133 Å². The van der Waals surface area contributed by atoms with Crippen molar-refractivity contribution in [1.29, 1.82) is 0 Å². The van der Waals surface area contributed by atoms with Crippen LogP contribution in [0.3, 0.4) is 0 Å². The normalized spacial score (nSPS) is 10.3. The van der Waals surface area contributed by atoms with Gasteiger partial charge in [0.25, 0.3) is 0 Å². The molecular weight excluding hydrogens is 298 g/mol. The molecule has 3 rings (SSSR count). The number of halogens is 1. The summed E-state index contributed by atoms with van der Waals surface area (Å²) in [6, 6.07) is 15.3. The minimum atomic E-state index is 0.416. The SMILES string of the molecule is Cc1ccc(Nc2cnnc(Nc3ccc(Cl)cc3)n2)cc1. The zero-order chi connectivity index (χ0) is 15.4. The maximum absolute atomic E-state index is 5.86. The molecule has 2 aromatic carbocycles. The van der Waals surface area contributed by atoms with Crippen molar-refractivity contribution < 1.29 is 0 Å². The lowest BCUT2D eigenvalue weighted by atomic mass is 10.2. The Morgan fingerprint density at radius 2 is 1.50 bits per heavy atom. The molecule has 3 aromatic rings. The van der Waals surface area contributed by atoms with E-state index in [0.717, 1.165) is 11.4 Å². The Morgan fingerprint density at radius 1 is 0.864 bits per heavy atom. The minimum Gasteiger partial charge on any atom is -0.339 e. The highest BCUT2D eigenvalue weighted by Crippen LogP contribution is 2.18. The van der Waals surface area contributed by atoms with Crippen LogP contribution in [0.25, 0.3) is 0 Å². The Balaban J connectivity index is 1.74. The van der Waals surface area contributed by atoms with Crippen molar-refractivity contribution in [2.24, 2.45) is 0 Å². The first-order valence-corrected chi connectivity index (χ1v) is 7.13. The molecule has 0 spiro atoms. The topological polar surface area (TPSA) is 62.7 Å². The van der Waals surface area contributed by atoms with E-state index in [0.29, 0.717) is 16.8 Å². The third-order valence-electron chi connectivity index (χ3n) is 2.98. The zero-order valence-electron chi connectivity index (χ0n) is 11.9. The van der Waals surface area contributed by atoms with Gasteiger partial charge in [0.15, 0.2) is 5.82 Å². The highest BCUT2D eigenvalue weighted by molar-refractivity contribution is 6.30. The van der Waals surface area contributed by atoms with Crippen LogP contribution in [0.1, 0.15) is 5.56 Å². The summed E-state index contributed by atoms with van der Waals surface area (Å²) in [5.74, 6) is 1.04. The van der Waals surface area contributed by atoms with Crippen LogP contribution in [-0.4, -0.2) is 15.2 Å². The molecule has 0 aliphatic rings. The third-order valence-corrected chi connectivity index (χ3v) is 3.24. The summed E-state index contributed by atoms with van der Waals surface area (Å²) < 4.78 is 0. The molecule has 5 nitrogen and oxygen atoms in total. The summed E-state index contributed by atoms with van der Waals surface area (Å²) in [7, 11) is 0. The minimum absolute atomic E-state index is 0.416. The van der Waals surface area contributed by atoms with E-state index in [1.807, 2.05) is 43.3 Å². The molecule has 22 heavy (non-hydrogen) atoms. The number of aromatic nitrogens is 3. The van der Waals surface area contributed by atoms with Crippen molar-refractivity contribution in [3.05, 3.63) is 65.3 Å². The maximum Gasteiger partial charge on any atom is 0.249 e. The lowest BCUT2D eigenvalue weighted by Crippen LogP contribution is -2.02. The summed E-state index contributed by atoms with van der Waals surface area (Å²) >= 11 is 5.86. The Bertz CT molecular complexity index is 693. The molecule has 0 aliphatic carbocycles. The third kappa shape index (κ3) is 3.71. The second kappa shape index (κ2) is 6.41. The van der Waals surface area contributed by atoms with Crippen LogP contribution < -0.4 is 10.6 Å². The van der Waals surface area contributed by atoms with Gasteiger partial charge in [-0.15, -0.1) is 5.10 Å². The molecule has 0 aliphatic heterocycles. The van der Waals surface area contributed by atoms with E-state index in [-0.39, 0.29) is 0 Å². The largest absolute Gasteiger partial charge is 0.339 e. The molecule has 110 valence electrons. The molecule has 0 atom stereocenters. The molecule has 0 saturated carbocycles. The van der Waals surface area contributed by atoms with Crippen LogP contribution in [0.5, 0.6) is 0 Å². The van der Waals surface area contributed by atoms with E-state index in [1.54, 1.807) is 18.3 Å². The Kier molecular flexibility index (Phi) is 4.16. The Hall–Kier alpha value is -2.66. The van der Waals surface area contributed by atoms with Gasteiger partial charge in [0, 0.05) is 16.4 Å². The van der Waals surface area contributed by atoms with Crippen molar-refractivity contribution in [3.63, 3.8) is 0 Å². The number of benzene rings is 2. The summed E-state index contributed by atoms with van der Waals surface area (Å²) in [5.41, 5.74) is 3.00. The standard InChI is InChI=1S/C16H14ClN5/c1-11-2-6-13(7-3-11)19-15-10-18-22-16(21-15)20-14-8-4-12(17)5-9-14/h2-10H,1H3,(H2,19,20,21,22). The number of rotatable bonds is 4. The van der Waals surface area contributed by atoms with Crippen molar-refractivity contribution in [3.8, 4) is 0 Å². The molecule has 1 aromatic heterocycles. The lowest BCUT2D eigenvalue weighted by Gasteiger charge is -2.08. The first-order chi connectivity index (χ1) is 10.7. The van der Waals surface area contributed by atoms with Gasteiger partial charge in [0.1, 0.15) is 0 Å². The van der Waals surface area contributed by atoms with Crippen LogP contribution in [-0.2, 0) is 0 Å². The van der Waals surface area contributed by atoms with E-state index < -0.39 is 0 Å². The van der Waals surface area contributed by atoms with E-state index in [4.69, 9.17) is 11.6 Å². The second-order valence-corrected chi connectivity index (χ2v) is 5.22. The van der Waals surface area contributed by atoms with Gasteiger partial charge < -0.3 is 10.6 Å². The van der Waals surface area contributed by atoms with Gasteiger partial charge in [0.2, 0.25) is 5.95 Å². The van der Waals surface area contributed by atoms with Crippen LogP contribution in [0.4, 0.5) is 23.1 Å². The summed E-state index contributed by atoms with van der Waals surface area (Å²) in [6.45, 7) is 2.05. The van der Waals surface area contributed by atoms with Crippen molar-refractivity contribution in [2.75, 3.05) is 10.6 Å². The number of nitrogens with zero attached hydrogens (tertiary/aromatic N) is 3. The number of hydrogen-bond acceptors (Lipinski definition) is 5. The van der Waals surface area contributed by atoms with Gasteiger partial charge >= 0.3 is 0 Å². The average molecular weight is 312 g/mol. The van der Waals surface area contributed by atoms with E-state index in [9.17, 15) is 0 Å². The predicted molar refractivity (Wildman–Crippen MR) is 89.0 cm³/mol. The van der Waals surface area contributed by atoms with E-state index in [2.05, 4.69) is 25.8 Å². The van der Waals surface area contributed by atoms with Crippen molar-refractivity contribution >= 4 is 34.7 Å². The lowest BCUT2D eigenvalue weighted by molar-refractivity contribution is 0.982. The number of anilines is 4. The fourth-order valence-electron chi connectivity index (χ4n) is 1.86. The summed E-state index contributed by atoms with van der Waals surface area (Å²) in [5, 5.41) is 14.9. The molecule has 0 unspecified atom stereocenters. The highest BCUT2D eigenvalue weighted by atomic mass is 35.5. The van der Waals surface area contributed by atoms with Crippen LogP contribution >= 0.6 is 11.6 Å². The zero-order valence-corrected chi connectivity index (χ0v) is 12.7. The van der Waals surface area contributed by atoms with Crippen LogP contribution in [0, 0.1) is 6.92 Å². The van der Waals surface area contributed by atoms with E-state index >= 15 is 0 Å². The monoisotopic (exact) mass is 311 g/mol. The van der Waals surface area contributed by atoms with Crippen molar-refractivity contribution in [2.45, 2.75) is 6.92 Å². The van der Waals surface area contributed by atoms with Gasteiger partial charge in [-0.3, -0.25) is 0 Å². The number of aryl methyl sites for hydroxylation is 1. The van der Waals surface area contributed by atoms with Gasteiger partial charge in [-0.1, -0.05) is 29.3 Å². The van der Waals surface area contributed by atoms with Crippen LogP contribution in [0.2, 0.25) is 5.02 Å².